The maximum absolute atomic E-state index is 13.3. The third-order valence-corrected chi connectivity index (χ3v) is 3.09. The van der Waals surface area contributed by atoms with Crippen LogP contribution in [0.4, 0.5) is 4.39 Å². The zero-order valence-corrected chi connectivity index (χ0v) is 11.1. The predicted molar refractivity (Wildman–Crippen MR) is 71.7 cm³/mol. The van der Waals surface area contributed by atoms with Crippen LogP contribution in [0.1, 0.15) is 31.9 Å². The van der Waals surface area contributed by atoms with Gasteiger partial charge in [0.05, 0.1) is 0 Å². The van der Waals surface area contributed by atoms with E-state index in [-0.39, 0.29) is 24.5 Å². The summed E-state index contributed by atoms with van der Waals surface area (Å²) in [6.45, 7) is 5.72. The fraction of sp³-hybridized carbons (Fsp3) is 0.571. The molecule has 4 heteroatoms. The molecule has 0 saturated heterocycles. The number of rotatable bonds is 7. The minimum absolute atomic E-state index is 0.0164. The first-order chi connectivity index (χ1) is 8.60. The Labute approximate surface area is 108 Å². The molecular weight excluding hydrogens is 231 g/mol. The van der Waals surface area contributed by atoms with Gasteiger partial charge in [0.25, 0.3) is 0 Å². The van der Waals surface area contributed by atoms with Crippen LogP contribution in [0.2, 0.25) is 0 Å². The molecule has 0 heterocycles. The number of nitrogens with zero attached hydrogens (tertiary/aromatic N) is 1. The van der Waals surface area contributed by atoms with Crippen molar-refractivity contribution in [1.82, 2.24) is 4.90 Å². The van der Waals surface area contributed by atoms with E-state index in [9.17, 15) is 4.39 Å². The van der Waals surface area contributed by atoms with Gasteiger partial charge in [0.1, 0.15) is 5.82 Å². The summed E-state index contributed by atoms with van der Waals surface area (Å²) < 4.78 is 13.3. The molecule has 3 nitrogen and oxygen atoms in total. The van der Waals surface area contributed by atoms with Gasteiger partial charge in [-0.15, -0.1) is 0 Å². The molecule has 0 fully saturated rings. The molecule has 0 spiro atoms. The first-order valence-electron chi connectivity index (χ1n) is 6.46. The van der Waals surface area contributed by atoms with Gasteiger partial charge in [-0.25, -0.2) is 4.39 Å². The van der Waals surface area contributed by atoms with E-state index in [1.807, 2.05) is 19.9 Å². The van der Waals surface area contributed by atoms with Crippen LogP contribution in [0, 0.1) is 5.82 Å². The second kappa shape index (κ2) is 7.46. The van der Waals surface area contributed by atoms with E-state index in [1.54, 1.807) is 6.07 Å². The molecule has 0 saturated carbocycles. The van der Waals surface area contributed by atoms with E-state index in [0.717, 1.165) is 18.7 Å². The Balaban J connectivity index is 2.93. The maximum Gasteiger partial charge on any atom is 0.123 e. The maximum atomic E-state index is 13.3. The Morgan fingerprint density at radius 3 is 2.67 bits per heavy atom. The summed E-state index contributed by atoms with van der Waals surface area (Å²) >= 11 is 0. The zero-order valence-electron chi connectivity index (χ0n) is 11.1. The summed E-state index contributed by atoms with van der Waals surface area (Å²) in [5, 5.41) is 8.93. The van der Waals surface area contributed by atoms with Crippen LogP contribution in [-0.4, -0.2) is 35.7 Å². The molecule has 0 aliphatic carbocycles. The molecule has 0 amide bonds. The van der Waals surface area contributed by atoms with Crippen LogP contribution in [0.3, 0.4) is 0 Å². The number of likely N-dealkylation sites (N-methyl/N-ethyl adjacent to an activating group) is 1. The Morgan fingerprint density at radius 1 is 1.44 bits per heavy atom. The van der Waals surface area contributed by atoms with Gasteiger partial charge >= 0.3 is 0 Å². The summed E-state index contributed by atoms with van der Waals surface area (Å²) in [7, 11) is 0. The molecular formula is C14H23FN2O. The first-order valence-corrected chi connectivity index (χ1v) is 6.46. The second-order valence-electron chi connectivity index (χ2n) is 4.56. The second-order valence-corrected chi connectivity index (χ2v) is 4.56. The van der Waals surface area contributed by atoms with Crippen molar-refractivity contribution in [1.29, 1.82) is 0 Å². The van der Waals surface area contributed by atoms with Crippen LogP contribution < -0.4 is 5.73 Å². The number of benzene rings is 1. The highest BCUT2D eigenvalue weighted by Gasteiger charge is 2.22. The molecule has 0 bridgehead atoms. The van der Waals surface area contributed by atoms with Crippen LogP contribution in [0.15, 0.2) is 24.3 Å². The third kappa shape index (κ3) is 4.05. The molecule has 0 aliphatic rings. The molecule has 102 valence electrons. The lowest BCUT2D eigenvalue weighted by Gasteiger charge is -2.33. The largest absolute Gasteiger partial charge is 0.396 e. The van der Waals surface area contributed by atoms with Crippen molar-refractivity contribution in [2.75, 3.05) is 19.7 Å². The van der Waals surface area contributed by atoms with Crippen LogP contribution in [0.25, 0.3) is 0 Å². The Hall–Kier alpha value is -0.970. The monoisotopic (exact) mass is 254 g/mol. The summed E-state index contributed by atoms with van der Waals surface area (Å²) in [6.07, 6.45) is 0.701. The highest BCUT2D eigenvalue weighted by molar-refractivity contribution is 5.21. The fourth-order valence-electron chi connectivity index (χ4n) is 2.31. The van der Waals surface area contributed by atoms with Crippen molar-refractivity contribution in [3.8, 4) is 0 Å². The number of nitrogens with two attached hydrogens (primary N) is 1. The van der Waals surface area contributed by atoms with Gasteiger partial charge in [0.15, 0.2) is 0 Å². The van der Waals surface area contributed by atoms with Gasteiger partial charge in [-0.2, -0.15) is 0 Å². The molecule has 18 heavy (non-hydrogen) atoms. The summed E-state index contributed by atoms with van der Waals surface area (Å²) in [5.41, 5.74) is 6.93. The van der Waals surface area contributed by atoms with Gasteiger partial charge in [-0.3, -0.25) is 4.90 Å². The predicted octanol–water partition coefficient (Wildman–Crippen LogP) is 1.92. The van der Waals surface area contributed by atoms with Crippen LogP contribution >= 0.6 is 0 Å². The average Bonchev–Trinajstić information content (AvgIpc) is 2.33. The topological polar surface area (TPSA) is 49.5 Å². The molecule has 0 aliphatic heterocycles. The highest BCUT2D eigenvalue weighted by Crippen LogP contribution is 2.24. The molecule has 0 radical (unpaired) electrons. The van der Waals surface area contributed by atoms with Crippen LogP contribution in [-0.2, 0) is 0 Å². The lowest BCUT2D eigenvalue weighted by atomic mass is 9.99. The van der Waals surface area contributed by atoms with E-state index in [1.165, 1.54) is 12.1 Å². The number of hydrogen-bond donors (Lipinski definition) is 2. The third-order valence-electron chi connectivity index (χ3n) is 3.09. The van der Waals surface area contributed by atoms with Gasteiger partial charge in [0.2, 0.25) is 0 Å². The first kappa shape index (κ1) is 15.1. The molecule has 1 rings (SSSR count). The van der Waals surface area contributed by atoms with E-state index in [2.05, 4.69) is 4.90 Å². The number of aliphatic hydroxyl groups excluding tert-OH is 1. The normalized spacial score (nSPS) is 14.8. The number of halogens is 1. The lowest BCUT2D eigenvalue weighted by Crippen LogP contribution is -2.40. The fourth-order valence-corrected chi connectivity index (χ4v) is 2.31. The summed E-state index contributed by atoms with van der Waals surface area (Å²) in [4.78, 5) is 2.18. The lowest BCUT2D eigenvalue weighted by molar-refractivity contribution is 0.165. The Morgan fingerprint density at radius 2 is 2.17 bits per heavy atom. The molecule has 0 aromatic heterocycles. The van der Waals surface area contributed by atoms with E-state index in [4.69, 9.17) is 10.8 Å². The van der Waals surface area contributed by atoms with Crippen molar-refractivity contribution in [3.05, 3.63) is 35.6 Å². The summed E-state index contributed by atoms with van der Waals surface area (Å²) in [5.74, 6) is -0.239. The van der Waals surface area contributed by atoms with Crippen molar-refractivity contribution in [2.45, 2.75) is 32.4 Å². The molecule has 3 N–H and O–H groups in total. The van der Waals surface area contributed by atoms with E-state index in [0.29, 0.717) is 6.42 Å². The van der Waals surface area contributed by atoms with Gasteiger partial charge in [-0.1, -0.05) is 19.1 Å². The van der Waals surface area contributed by atoms with Crippen molar-refractivity contribution < 1.29 is 9.50 Å². The highest BCUT2D eigenvalue weighted by atomic mass is 19.1. The molecule has 2 atom stereocenters. The van der Waals surface area contributed by atoms with Gasteiger partial charge in [0, 0.05) is 25.2 Å². The quantitative estimate of drug-likeness (QED) is 0.781. The van der Waals surface area contributed by atoms with E-state index < -0.39 is 0 Å². The molecule has 1 aromatic rings. The Kier molecular flexibility index (Phi) is 6.25. The smallest absolute Gasteiger partial charge is 0.123 e. The van der Waals surface area contributed by atoms with Gasteiger partial charge in [-0.05, 0) is 37.6 Å². The van der Waals surface area contributed by atoms with Crippen molar-refractivity contribution in [3.63, 3.8) is 0 Å². The van der Waals surface area contributed by atoms with Crippen LogP contribution in [0.5, 0.6) is 0 Å². The molecule has 1 aromatic carbocycles. The SMILES string of the molecule is CCN(CCCO)C(c1cccc(F)c1)C(C)N. The molecule has 2 unspecified atom stereocenters. The summed E-state index contributed by atoms with van der Waals surface area (Å²) in [6, 6.07) is 6.47. The van der Waals surface area contributed by atoms with Crippen molar-refractivity contribution >= 4 is 0 Å². The zero-order chi connectivity index (χ0) is 13.5. The van der Waals surface area contributed by atoms with Crippen molar-refractivity contribution in [2.24, 2.45) is 5.73 Å². The van der Waals surface area contributed by atoms with E-state index >= 15 is 0 Å². The number of hydrogen-bond acceptors (Lipinski definition) is 3. The standard InChI is InChI=1S/C14H23FN2O/c1-3-17(8-5-9-18)14(11(2)16)12-6-4-7-13(15)10-12/h4,6-7,10-11,14,18H,3,5,8-9,16H2,1-2H3. The minimum Gasteiger partial charge on any atom is -0.396 e. The Bertz CT molecular complexity index is 357. The minimum atomic E-state index is -0.239. The van der Waals surface area contributed by atoms with Gasteiger partial charge < -0.3 is 10.8 Å². The average molecular weight is 254 g/mol. The number of aliphatic hydroxyl groups is 1.